The van der Waals surface area contributed by atoms with Gasteiger partial charge in [0.05, 0.1) is 5.69 Å². The Morgan fingerprint density at radius 3 is 2.75 bits per heavy atom. The first-order valence-electron chi connectivity index (χ1n) is 3.48. The maximum Gasteiger partial charge on any atom is 0.152 e. The lowest BCUT2D eigenvalue weighted by atomic mass is 10.1. The van der Waals surface area contributed by atoms with Crippen LogP contribution in [0.15, 0.2) is 22.8 Å². The van der Waals surface area contributed by atoms with E-state index in [1.807, 2.05) is 6.07 Å². The van der Waals surface area contributed by atoms with Crippen LogP contribution in [0.2, 0.25) is 0 Å². The van der Waals surface area contributed by atoms with Crippen LogP contribution in [0.5, 0.6) is 0 Å². The molecule has 0 aliphatic heterocycles. The normalized spacial score (nSPS) is 12.6. The standard InChI is InChI=1S/C8H9BrN2O/c1-5(12)8(10)7-3-2-6(9)4-11-7/h2-4,8H,10H2,1H3. The Morgan fingerprint density at radius 1 is 1.67 bits per heavy atom. The van der Waals surface area contributed by atoms with E-state index in [1.165, 1.54) is 6.92 Å². The number of hydrogen-bond acceptors (Lipinski definition) is 3. The van der Waals surface area contributed by atoms with Crippen molar-refractivity contribution in [2.75, 3.05) is 0 Å². The summed E-state index contributed by atoms with van der Waals surface area (Å²) >= 11 is 3.24. The molecular formula is C8H9BrN2O. The molecule has 0 radical (unpaired) electrons. The molecule has 0 saturated carbocycles. The molecule has 0 bridgehead atoms. The van der Waals surface area contributed by atoms with E-state index in [4.69, 9.17) is 5.73 Å². The van der Waals surface area contributed by atoms with E-state index in [9.17, 15) is 4.79 Å². The summed E-state index contributed by atoms with van der Waals surface area (Å²) in [5, 5.41) is 0. The molecule has 1 aromatic rings. The Hall–Kier alpha value is -0.740. The van der Waals surface area contributed by atoms with Crippen molar-refractivity contribution in [3.8, 4) is 0 Å². The third-order valence-electron chi connectivity index (χ3n) is 1.51. The Labute approximate surface area is 79.1 Å². The first-order chi connectivity index (χ1) is 5.61. The van der Waals surface area contributed by atoms with E-state index in [1.54, 1.807) is 12.3 Å². The minimum Gasteiger partial charge on any atom is -0.317 e. The molecule has 0 aliphatic carbocycles. The van der Waals surface area contributed by atoms with E-state index in [-0.39, 0.29) is 5.78 Å². The van der Waals surface area contributed by atoms with Gasteiger partial charge in [0.25, 0.3) is 0 Å². The molecule has 1 rings (SSSR count). The van der Waals surface area contributed by atoms with Crippen LogP contribution < -0.4 is 5.73 Å². The van der Waals surface area contributed by atoms with E-state index in [0.717, 1.165) is 4.47 Å². The molecule has 3 nitrogen and oxygen atoms in total. The minimum atomic E-state index is -0.599. The van der Waals surface area contributed by atoms with E-state index < -0.39 is 6.04 Å². The molecule has 0 aliphatic rings. The van der Waals surface area contributed by atoms with Crippen LogP contribution in [0.3, 0.4) is 0 Å². The fourth-order valence-electron chi connectivity index (χ4n) is 0.779. The van der Waals surface area contributed by atoms with Gasteiger partial charge in [0.1, 0.15) is 6.04 Å². The molecule has 1 heterocycles. The summed E-state index contributed by atoms with van der Waals surface area (Å²) in [6.45, 7) is 1.45. The van der Waals surface area contributed by atoms with Crippen molar-refractivity contribution in [2.45, 2.75) is 13.0 Å². The molecule has 64 valence electrons. The lowest BCUT2D eigenvalue weighted by Gasteiger charge is -2.05. The second kappa shape index (κ2) is 3.78. The number of Topliss-reactive ketones (excluding diaryl/α,β-unsaturated/α-hetero) is 1. The van der Waals surface area contributed by atoms with Crippen LogP contribution in [-0.2, 0) is 4.79 Å². The van der Waals surface area contributed by atoms with Gasteiger partial charge >= 0.3 is 0 Å². The second-order valence-electron chi connectivity index (χ2n) is 2.49. The van der Waals surface area contributed by atoms with Crippen LogP contribution in [0, 0.1) is 0 Å². The first kappa shape index (κ1) is 9.35. The maximum atomic E-state index is 10.9. The zero-order chi connectivity index (χ0) is 9.14. The van der Waals surface area contributed by atoms with Gasteiger partial charge < -0.3 is 5.73 Å². The van der Waals surface area contributed by atoms with Crippen LogP contribution >= 0.6 is 15.9 Å². The Kier molecular flexibility index (Phi) is 2.94. The van der Waals surface area contributed by atoms with Gasteiger partial charge in [-0.15, -0.1) is 0 Å². The van der Waals surface area contributed by atoms with Gasteiger partial charge in [0.2, 0.25) is 0 Å². The zero-order valence-electron chi connectivity index (χ0n) is 6.62. The quantitative estimate of drug-likeness (QED) is 0.834. The third kappa shape index (κ3) is 2.12. The maximum absolute atomic E-state index is 10.9. The van der Waals surface area contributed by atoms with Gasteiger partial charge in [-0.05, 0) is 35.0 Å². The van der Waals surface area contributed by atoms with Crippen molar-refractivity contribution in [1.29, 1.82) is 0 Å². The smallest absolute Gasteiger partial charge is 0.152 e. The fourth-order valence-corrected chi connectivity index (χ4v) is 1.01. The average Bonchev–Trinajstić information content (AvgIpc) is 2.04. The summed E-state index contributed by atoms with van der Waals surface area (Å²) in [6.07, 6.45) is 1.62. The van der Waals surface area contributed by atoms with Gasteiger partial charge in [0.15, 0.2) is 5.78 Å². The topological polar surface area (TPSA) is 56.0 Å². The average molecular weight is 229 g/mol. The number of aromatic nitrogens is 1. The molecule has 1 unspecified atom stereocenters. The monoisotopic (exact) mass is 228 g/mol. The fraction of sp³-hybridized carbons (Fsp3) is 0.250. The molecule has 12 heavy (non-hydrogen) atoms. The lowest BCUT2D eigenvalue weighted by Crippen LogP contribution is -2.19. The number of nitrogens with zero attached hydrogens (tertiary/aromatic N) is 1. The van der Waals surface area contributed by atoms with Crippen molar-refractivity contribution < 1.29 is 4.79 Å². The SMILES string of the molecule is CC(=O)C(N)c1ccc(Br)cn1. The predicted octanol–water partition coefficient (Wildman–Crippen LogP) is 1.43. The summed E-state index contributed by atoms with van der Waals surface area (Å²) in [7, 11) is 0. The van der Waals surface area contributed by atoms with Crippen molar-refractivity contribution >= 4 is 21.7 Å². The number of carbonyl (C=O) groups is 1. The highest BCUT2D eigenvalue weighted by Gasteiger charge is 2.11. The van der Waals surface area contributed by atoms with Gasteiger partial charge in [-0.2, -0.15) is 0 Å². The zero-order valence-corrected chi connectivity index (χ0v) is 8.21. The Morgan fingerprint density at radius 2 is 2.33 bits per heavy atom. The summed E-state index contributed by atoms with van der Waals surface area (Å²) in [5.74, 6) is -0.0789. The molecule has 4 heteroatoms. The van der Waals surface area contributed by atoms with Crippen LogP contribution in [0.1, 0.15) is 18.7 Å². The molecule has 1 aromatic heterocycles. The van der Waals surface area contributed by atoms with Crippen LogP contribution in [0.25, 0.3) is 0 Å². The molecule has 1 atom stereocenters. The second-order valence-corrected chi connectivity index (χ2v) is 3.41. The number of pyridine rings is 1. The molecule has 0 amide bonds. The van der Waals surface area contributed by atoms with E-state index >= 15 is 0 Å². The number of ketones is 1. The molecule has 0 aromatic carbocycles. The minimum absolute atomic E-state index is 0.0789. The number of nitrogens with two attached hydrogens (primary N) is 1. The highest BCUT2D eigenvalue weighted by atomic mass is 79.9. The largest absolute Gasteiger partial charge is 0.317 e. The van der Waals surface area contributed by atoms with Gasteiger partial charge in [-0.25, -0.2) is 0 Å². The number of carbonyl (C=O) groups excluding carboxylic acids is 1. The summed E-state index contributed by atoms with van der Waals surface area (Å²) in [4.78, 5) is 14.9. The summed E-state index contributed by atoms with van der Waals surface area (Å²) < 4.78 is 0.877. The van der Waals surface area contributed by atoms with E-state index in [2.05, 4.69) is 20.9 Å². The van der Waals surface area contributed by atoms with Crippen molar-refractivity contribution in [3.05, 3.63) is 28.5 Å². The van der Waals surface area contributed by atoms with Gasteiger partial charge in [-0.3, -0.25) is 9.78 Å². The molecule has 0 saturated heterocycles. The van der Waals surface area contributed by atoms with Crippen LogP contribution in [0.4, 0.5) is 0 Å². The molecular weight excluding hydrogens is 220 g/mol. The van der Waals surface area contributed by atoms with Crippen molar-refractivity contribution in [1.82, 2.24) is 4.98 Å². The first-order valence-corrected chi connectivity index (χ1v) is 4.28. The van der Waals surface area contributed by atoms with Crippen molar-refractivity contribution in [2.24, 2.45) is 5.73 Å². The summed E-state index contributed by atoms with van der Waals surface area (Å²) in [5.41, 5.74) is 6.16. The van der Waals surface area contributed by atoms with Gasteiger partial charge in [-0.1, -0.05) is 0 Å². The number of halogens is 1. The molecule has 0 fully saturated rings. The molecule has 2 N–H and O–H groups in total. The highest BCUT2D eigenvalue weighted by Crippen LogP contribution is 2.12. The summed E-state index contributed by atoms with van der Waals surface area (Å²) in [6, 6.07) is 2.94. The lowest BCUT2D eigenvalue weighted by molar-refractivity contribution is -0.118. The number of rotatable bonds is 2. The Balaban J connectivity index is 2.89. The third-order valence-corrected chi connectivity index (χ3v) is 1.98. The van der Waals surface area contributed by atoms with Gasteiger partial charge in [0, 0.05) is 10.7 Å². The van der Waals surface area contributed by atoms with E-state index in [0.29, 0.717) is 5.69 Å². The van der Waals surface area contributed by atoms with Crippen LogP contribution in [-0.4, -0.2) is 10.8 Å². The predicted molar refractivity (Wildman–Crippen MR) is 49.5 cm³/mol. The Bertz CT molecular complexity index is 284. The number of hydrogen-bond donors (Lipinski definition) is 1. The molecule has 0 spiro atoms. The highest BCUT2D eigenvalue weighted by molar-refractivity contribution is 9.10. The van der Waals surface area contributed by atoms with Crippen molar-refractivity contribution in [3.63, 3.8) is 0 Å².